The first-order chi connectivity index (χ1) is 7.27. The molecule has 1 heterocycles. The van der Waals surface area contributed by atoms with E-state index >= 15 is 0 Å². The number of nitrogens with zero attached hydrogens (tertiary/aromatic N) is 1. The van der Waals surface area contributed by atoms with E-state index in [0.717, 1.165) is 17.1 Å². The quantitative estimate of drug-likeness (QED) is 0.779. The summed E-state index contributed by atoms with van der Waals surface area (Å²) in [6, 6.07) is 0.0352. The van der Waals surface area contributed by atoms with Crippen LogP contribution >= 0.6 is 11.3 Å². The van der Waals surface area contributed by atoms with Gasteiger partial charge in [-0.05, 0) is 32.6 Å². The molecule has 0 radical (unpaired) electrons. The van der Waals surface area contributed by atoms with Crippen LogP contribution < -0.4 is 5.73 Å². The van der Waals surface area contributed by atoms with Crippen LogP contribution in [0.4, 0.5) is 0 Å². The third-order valence-corrected chi connectivity index (χ3v) is 3.72. The molecule has 0 aromatic carbocycles. The molecule has 0 spiro atoms. The molecule has 0 fully saturated rings. The standard InChI is InChI=1S/C12H18N2S/c1-9-14-11(8-15-9)12(13)10-6-4-2-3-5-7-10/h6,8,12H,2-5,7,13H2,1H3. The Balaban J connectivity index is 2.12. The summed E-state index contributed by atoms with van der Waals surface area (Å²) in [5.41, 5.74) is 8.66. The maximum absolute atomic E-state index is 6.23. The van der Waals surface area contributed by atoms with Crippen LogP contribution in [0.3, 0.4) is 0 Å². The summed E-state index contributed by atoms with van der Waals surface area (Å²) >= 11 is 1.68. The van der Waals surface area contributed by atoms with Crippen molar-refractivity contribution in [1.29, 1.82) is 0 Å². The second-order valence-corrected chi connectivity index (χ2v) is 5.21. The maximum atomic E-state index is 6.23. The highest BCUT2D eigenvalue weighted by molar-refractivity contribution is 7.09. The van der Waals surface area contributed by atoms with E-state index in [9.17, 15) is 0 Å². The average molecular weight is 222 g/mol. The second-order valence-electron chi connectivity index (χ2n) is 4.15. The Kier molecular flexibility index (Phi) is 3.54. The van der Waals surface area contributed by atoms with Crippen LogP contribution in [0.25, 0.3) is 0 Å². The lowest BCUT2D eigenvalue weighted by Crippen LogP contribution is -2.13. The van der Waals surface area contributed by atoms with Gasteiger partial charge < -0.3 is 5.73 Å². The summed E-state index contributed by atoms with van der Waals surface area (Å²) in [5, 5.41) is 3.20. The van der Waals surface area contributed by atoms with Gasteiger partial charge in [-0.25, -0.2) is 4.98 Å². The van der Waals surface area contributed by atoms with Crippen molar-refractivity contribution in [2.75, 3.05) is 0 Å². The summed E-state index contributed by atoms with van der Waals surface area (Å²) < 4.78 is 0. The second kappa shape index (κ2) is 4.90. The molecule has 0 bridgehead atoms. The highest BCUT2D eigenvalue weighted by atomic mass is 32.1. The fraction of sp³-hybridized carbons (Fsp3) is 0.583. The molecular formula is C12H18N2S. The van der Waals surface area contributed by atoms with Gasteiger partial charge in [-0.3, -0.25) is 0 Å². The highest BCUT2D eigenvalue weighted by Gasteiger charge is 2.15. The summed E-state index contributed by atoms with van der Waals surface area (Å²) in [7, 11) is 0. The Bertz CT molecular complexity index is 354. The molecule has 1 aromatic heterocycles. The zero-order chi connectivity index (χ0) is 10.7. The van der Waals surface area contributed by atoms with Gasteiger partial charge in [-0.1, -0.05) is 18.1 Å². The Morgan fingerprint density at radius 3 is 3.00 bits per heavy atom. The molecule has 0 saturated carbocycles. The van der Waals surface area contributed by atoms with Gasteiger partial charge in [0, 0.05) is 5.38 Å². The van der Waals surface area contributed by atoms with Crippen molar-refractivity contribution in [2.24, 2.45) is 5.73 Å². The van der Waals surface area contributed by atoms with Crippen LogP contribution in [0.15, 0.2) is 17.0 Å². The summed E-state index contributed by atoms with van der Waals surface area (Å²) in [6.45, 7) is 2.03. The van der Waals surface area contributed by atoms with Gasteiger partial charge in [0.2, 0.25) is 0 Å². The van der Waals surface area contributed by atoms with E-state index in [1.54, 1.807) is 11.3 Å². The van der Waals surface area contributed by atoms with Crippen molar-refractivity contribution in [3.8, 4) is 0 Å². The zero-order valence-electron chi connectivity index (χ0n) is 9.20. The molecule has 82 valence electrons. The Hall–Kier alpha value is -0.670. The molecule has 15 heavy (non-hydrogen) atoms. The van der Waals surface area contributed by atoms with Crippen molar-refractivity contribution >= 4 is 11.3 Å². The number of allylic oxidation sites excluding steroid dienone is 1. The topological polar surface area (TPSA) is 38.9 Å². The number of thiazole rings is 1. The number of hydrogen-bond donors (Lipinski definition) is 1. The van der Waals surface area contributed by atoms with Crippen LogP contribution in [0.1, 0.15) is 48.8 Å². The van der Waals surface area contributed by atoms with Gasteiger partial charge >= 0.3 is 0 Å². The molecule has 1 aromatic rings. The summed E-state index contributed by atoms with van der Waals surface area (Å²) in [4.78, 5) is 4.47. The van der Waals surface area contributed by atoms with E-state index in [0.29, 0.717) is 0 Å². The minimum absolute atomic E-state index is 0.0352. The normalized spacial score (nSPS) is 19.5. The Morgan fingerprint density at radius 1 is 1.40 bits per heavy atom. The van der Waals surface area contributed by atoms with Crippen LogP contribution in [-0.4, -0.2) is 4.98 Å². The average Bonchev–Trinajstić information content (AvgIpc) is 2.53. The molecule has 1 aliphatic rings. The lowest BCUT2D eigenvalue weighted by atomic mass is 10.0. The molecule has 0 saturated heterocycles. The summed E-state index contributed by atoms with van der Waals surface area (Å²) in [5.74, 6) is 0. The predicted octanol–water partition coefficient (Wildman–Crippen LogP) is 3.34. The van der Waals surface area contributed by atoms with Crippen LogP contribution in [0.5, 0.6) is 0 Å². The van der Waals surface area contributed by atoms with E-state index in [2.05, 4.69) is 16.4 Å². The van der Waals surface area contributed by atoms with E-state index in [1.165, 1.54) is 31.3 Å². The smallest absolute Gasteiger partial charge is 0.0898 e. The predicted molar refractivity (Wildman–Crippen MR) is 64.9 cm³/mol. The number of hydrogen-bond acceptors (Lipinski definition) is 3. The first-order valence-electron chi connectivity index (χ1n) is 5.64. The fourth-order valence-corrected chi connectivity index (χ4v) is 2.68. The molecule has 1 atom stereocenters. The van der Waals surface area contributed by atoms with E-state index in [1.807, 2.05) is 6.92 Å². The monoisotopic (exact) mass is 222 g/mol. The first-order valence-corrected chi connectivity index (χ1v) is 6.52. The maximum Gasteiger partial charge on any atom is 0.0898 e. The van der Waals surface area contributed by atoms with Gasteiger partial charge in [-0.2, -0.15) is 0 Å². The molecule has 3 heteroatoms. The van der Waals surface area contributed by atoms with Gasteiger partial charge in [0.1, 0.15) is 0 Å². The van der Waals surface area contributed by atoms with E-state index in [-0.39, 0.29) is 6.04 Å². The number of rotatable bonds is 2. The van der Waals surface area contributed by atoms with Crippen molar-refractivity contribution in [1.82, 2.24) is 4.98 Å². The van der Waals surface area contributed by atoms with E-state index in [4.69, 9.17) is 5.73 Å². The minimum atomic E-state index is 0.0352. The molecule has 2 rings (SSSR count). The number of aromatic nitrogens is 1. The van der Waals surface area contributed by atoms with E-state index < -0.39 is 0 Å². The van der Waals surface area contributed by atoms with Gasteiger partial charge in [0.25, 0.3) is 0 Å². The third-order valence-electron chi connectivity index (χ3n) is 2.93. The number of nitrogens with two attached hydrogens (primary N) is 1. The molecular weight excluding hydrogens is 204 g/mol. The molecule has 0 amide bonds. The zero-order valence-corrected chi connectivity index (χ0v) is 10.0. The molecule has 2 nitrogen and oxygen atoms in total. The first kappa shape index (κ1) is 10.8. The third kappa shape index (κ3) is 2.67. The Morgan fingerprint density at radius 2 is 2.27 bits per heavy atom. The van der Waals surface area contributed by atoms with Gasteiger partial charge in [0.05, 0.1) is 16.7 Å². The fourth-order valence-electron chi connectivity index (χ4n) is 2.04. The summed E-state index contributed by atoms with van der Waals surface area (Å²) in [6.07, 6.45) is 8.59. The molecule has 1 aliphatic carbocycles. The van der Waals surface area contributed by atoms with Crippen molar-refractivity contribution in [2.45, 2.75) is 45.1 Å². The van der Waals surface area contributed by atoms with Crippen molar-refractivity contribution in [3.63, 3.8) is 0 Å². The lowest BCUT2D eigenvalue weighted by Gasteiger charge is -2.12. The lowest BCUT2D eigenvalue weighted by molar-refractivity contribution is 0.683. The SMILES string of the molecule is Cc1nc(C(N)C2=CCCCCC2)cs1. The van der Waals surface area contributed by atoms with Crippen molar-refractivity contribution in [3.05, 3.63) is 27.7 Å². The minimum Gasteiger partial charge on any atom is -0.319 e. The number of aryl methyl sites for hydroxylation is 1. The molecule has 2 N–H and O–H groups in total. The largest absolute Gasteiger partial charge is 0.319 e. The van der Waals surface area contributed by atoms with Crippen molar-refractivity contribution < 1.29 is 0 Å². The molecule has 1 unspecified atom stereocenters. The molecule has 0 aliphatic heterocycles. The highest BCUT2D eigenvalue weighted by Crippen LogP contribution is 2.27. The van der Waals surface area contributed by atoms with Crippen LogP contribution in [0.2, 0.25) is 0 Å². The Labute approximate surface area is 95.2 Å². The van der Waals surface area contributed by atoms with Gasteiger partial charge in [0.15, 0.2) is 0 Å². The van der Waals surface area contributed by atoms with Crippen LogP contribution in [0, 0.1) is 6.92 Å². The van der Waals surface area contributed by atoms with Gasteiger partial charge in [-0.15, -0.1) is 11.3 Å². The van der Waals surface area contributed by atoms with Crippen LogP contribution in [-0.2, 0) is 0 Å².